The van der Waals surface area contributed by atoms with Gasteiger partial charge in [0.2, 0.25) is 0 Å². The number of hydrogen-bond donors (Lipinski definition) is 1. The Labute approximate surface area is 60.8 Å². The zero-order chi connectivity index (χ0) is 3.58. The first-order valence-corrected chi connectivity index (χ1v) is 0.928. The molecule has 2 nitrogen and oxygen atoms in total. The first-order valence-electron chi connectivity index (χ1n) is 0.928. The number of aliphatic carboxylic acids is 1. The third-order valence-electron chi connectivity index (χ3n) is 0. The first kappa shape index (κ1) is 16.0. The molecule has 0 aliphatic rings. The fourth-order valence-corrected chi connectivity index (χ4v) is 0. The summed E-state index contributed by atoms with van der Waals surface area (Å²) < 4.78 is 0. The normalized spacial score (nSPS) is 4.17. The molecule has 0 unspecified atom stereocenters. The van der Waals surface area contributed by atoms with Gasteiger partial charge in [-0.1, -0.05) is 8.41 Å². The molecule has 34 valence electrons. The van der Waals surface area contributed by atoms with Crippen LogP contribution in [-0.2, 0) is 4.79 Å². The van der Waals surface area contributed by atoms with Crippen molar-refractivity contribution in [3.8, 4) is 0 Å². The Morgan fingerprint density at radius 2 is 1.67 bits per heavy atom. The summed E-state index contributed by atoms with van der Waals surface area (Å²) in [5.41, 5.74) is 0. The van der Waals surface area contributed by atoms with Gasteiger partial charge in [-0.05, 0) is 0 Å². The fraction of sp³-hybridized carbons (Fsp3) is 0.500. The van der Waals surface area contributed by atoms with Crippen LogP contribution in [0.2, 0.25) is 0 Å². The van der Waals surface area contributed by atoms with Crippen molar-refractivity contribution >= 4 is 43.9 Å². The Morgan fingerprint density at radius 3 is 1.67 bits per heavy atom. The Morgan fingerprint density at radius 1 is 1.67 bits per heavy atom. The topological polar surface area (TPSA) is 37.3 Å². The molecule has 4 heteroatoms. The van der Waals surface area contributed by atoms with E-state index in [9.17, 15) is 0 Å². The molecule has 0 aliphatic heterocycles. The summed E-state index contributed by atoms with van der Waals surface area (Å²) in [6.07, 6.45) is 0. The van der Waals surface area contributed by atoms with Crippen LogP contribution in [-0.4, -0.2) is 49.0 Å². The number of carboxylic acids is 1. The number of carbonyl (C=O) groups is 1. The second kappa shape index (κ2) is 9.11. The molecule has 0 heterocycles. The molecule has 0 aromatic carbocycles. The van der Waals surface area contributed by atoms with Gasteiger partial charge in [-0.25, -0.2) is 0 Å². The van der Waals surface area contributed by atoms with Gasteiger partial charge in [0.05, 0.1) is 0 Å². The van der Waals surface area contributed by atoms with Crippen molar-refractivity contribution in [2.75, 3.05) is 0 Å². The molecule has 0 spiro atoms. The van der Waals surface area contributed by atoms with Gasteiger partial charge < -0.3 is 5.11 Å². The summed E-state index contributed by atoms with van der Waals surface area (Å²) in [6, 6.07) is 0. The van der Waals surface area contributed by atoms with Gasteiger partial charge in [-0.15, -0.1) is 0 Å². The number of rotatable bonds is 0. The van der Waals surface area contributed by atoms with E-state index >= 15 is 0 Å². The van der Waals surface area contributed by atoms with Crippen molar-refractivity contribution in [2.45, 2.75) is 6.92 Å². The molecular formula is C2H9BNaO2-. The van der Waals surface area contributed by atoms with Gasteiger partial charge in [0.25, 0.3) is 5.97 Å². The van der Waals surface area contributed by atoms with Gasteiger partial charge in [0, 0.05) is 6.92 Å². The maximum absolute atomic E-state index is 9.00. The van der Waals surface area contributed by atoms with Crippen molar-refractivity contribution in [1.82, 2.24) is 0 Å². The molecule has 0 amide bonds. The summed E-state index contributed by atoms with van der Waals surface area (Å²) in [5.74, 6) is -0.833. The van der Waals surface area contributed by atoms with Crippen molar-refractivity contribution < 1.29 is 9.90 Å². The molecule has 0 atom stereocenters. The van der Waals surface area contributed by atoms with E-state index in [1.165, 1.54) is 0 Å². The Bertz CT molecular complexity index is 34.5. The van der Waals surface area contributed by atoms with E-state index in [1.54, 1.807) is 0 Å². The van der Waals surface area contributed by atoms with E-state index in [1.807, 2.05) is 0 Å². The predicted octanol–water partition coefficient (Wildman–Crippen LogP) is -2.01. The number of hydrogen-bond acceptors (Lipinski definition) is 1. The molecule has 6 heavy (non-hydrogen) atoms. The van der Waals surface area contributed by atoms with Crippen LogP contribution in [0.1, 0.15) is 6.92 Å². The maximum atomic E-state index is 9.00. The van der Waals surface area contributed by atoms with Crippen LogP contribution < -0.4 is 0 Å². The third kappa shape index (κ3) is 198. The van der Waals surface area contributed by atoms with Crippen LogP contribution in [0.5, 0.6) is 0 Å². The van der Waals surface area contributed by atoms with Crippen LogP contribution in [0.15, 0.2) is 0 Å². The van der Waals surface area contributed by atoms with Gasteiger partial charge in [0.15, 0.2) is 0 Å². The van der Waals surface area contributed by atoms with E-state index in [0.717, 1.165) is 6.92 Å². The van der Waals surface area contributed by atoms with Crippen molar-refractivity contribution in [3.05, 3.63) is 0 Å². The molecule has 0 saturated carbocycles. The minimum absolute atomic E-state index is 0. The average Bonchev–Trinajstić information content (AvgIpc) is 0.811. The van der Waals surface area contributed by atoms with Crippen LogP contribution in [0, 0.1) is 0 Å². The summed E-state index contributed by atoms with van der Waals surface area (Å²) in [6.45, 7) is 1.08. The van der Waals surface area contributed by atoms with Crippen LogP contribution in [0.4, 0.5) is 0 Å². The van der Waals surface area contributed by atoms with E-state index in [0.29, 0.717) is 0 Å². The van der Waals surface area contributed by atoms with Crippen molar-refractivity contribution in [3.63, 3.8) is 0 Å². The summed E-state index contributed by atoms with van der Waals surface area (Å²) in [4.78, 5) is 9.00. The zero-order valence-electron chi connectivity index (χ0n) is 2.36. The Kier molecular flexibility index (Phi) is 24.3. The van der Waals surface area contributed by atoms with E-state index in [-0.39, 0.29) is 38.0 Å². The minimum atomic E-state index is -0.833. The summed E-state index contributed by atoms with van der Waals surface area (Å²) in [7, 11) is 0. The second-order valence-electron chi connectivity index (χ2n) is 0.519. The summed E-state index contributed by atoms with van der Waals surface area (Å²) in [5, 5.41) is 7.42. The molecule has 1 N–H and O–H groups in total. The van der Waals surface area contributed by atoms with E-state index < -0.39 is 5.97 Å². The van der Waals surface area contributed by atoms with Gasteiger partial charge >= 0.3 is 29.6 Å². The SMILES string of the molecule is CC(=O)O.[BH4-].[NaH]. The molecular weight excluding hydrogens is 89.8 g/mol. The molecule has 0 aliphatic carbocycles. The van der Waals surface area contributed by atoms with Crippen LogP contribution >= 0.6 is 0 Å². The Balaban J connectivity index is -0.0000000450. The molecule has 0 aromatic heterocycles. The molecule has 0 saturated heterocycles. The van der Waals surface area contributed by atoms with Gasteiger partial charge in [-0.2, -0.15) is 0 Å². The number of carboxylic acid groups (broad SMARTS) is 1. The monoisotopic (exact) mass is 99.1 g/mol. The molecule has 0 fully saturated rings. The second-order valence-corrected chi connectivity index (χ2v) is 0.519. The van der Waals surface area contributed by atoms with Crippen LogP contribution in [0.25, 0.3) is 0 Å². The van der Waals surface area contributed by atoms with Crippen molar-refractivity contribution in [2.24, 2.45) is 0 Å². The van der Waals surface area contributed by atoms with E-state index in [4.69, 9.17) is 9.90 Å². The molecule has 0 bridgehead atoms. The predicted molar refractivity (Wildman–Crippen MR) is 31.8 cm³/mol. The fourth-order valence-electron chi connectivity index (χ4n) is 0. The molecule has 0 rings (SSSR count). The standard InChI is InChI=1S/C2H4O2.BH4.Na.H/c1-2(3)4;;;/h1H3,(H,3,4);1H4;;/q;-1;;. The Hall–Kier alpha value is 0.535. The molecule has 0 radical (unpaired) electrons. The van der Waals surface area contributed by atoms with E-state index in [2.05, 4.69) is 0 Å². The zero-order valence-corrected chi connectivity index (χ0v) is 2.36. The average molecular weight is 98.9 g/mol. The van der Waals surface area contributed by atoms with Crippen LogP contribution in [0.3, 0.4) is 0 Å². The quantitative estimate of drug-likeness (QED) is 0.356. The van der Waals surface area contributed by atoms with Gasteiger partial charge in [-0.3, -0.25) is 4.79 Å². The third-order valence-corrected chi connectivity index (χ3v) is 0. The van der Waals surface area contributed by atoms with Gasteiger partial charge in [0.1, 0.15) is 0 Å². The molecule has 0 aromatic rings. The summed E-state index contributed by atoms with van der Waals surface area (Å²) >= 11 is 0. The van der Waals surface area contributed by atoms with Crippen molar-refractivity contribution in [1.29, 1.82) is 0 Å². The first-order chi connectivity index (χ1) is 1.73.